The van der Waals surface area contributed by atoms with Gasteiger partial charge in [0, 0.05) is 6.20 Å². The van der Waals surface area contributed by atoms with Crippen molar-refractivity contribution in [3.8, 4) is 0 Å². The Morgan fingerprint density at radius 2 is 2.00 bits per heavy atom. The van der Waals surface area contributed by atoms with E-state index in [9.17, 15) is 14.9 Å². The maximum Gasteiger partial charge on any atom is 0.390 e. The Kier molecular flexibility index (Phi) is 5.53. The molecule has 3 aromatic rings. The smallest absolute Gasteiger partial charge is 0.358 e. The second kappa shape index (κ2) is 8.03. The number of nitro groups is 1. The average molecular weight is 382 g/mol. The van der Waals surface area contributed by atoms with Crippen LogP contribution in [0.3, 0.4) is 0 Å². The summed E-state index contributed by atoms with van der Waals surface area (Å²) in [5, 5.41) is 21.8. The van der Waals surface area contributed by atoms with Crippen molar-refractivity contribution in [1.82, 2.24) is 19.6 Å². The van der Waals surface area contributed by atoms with E-state index in [4.69, 9.17) is 0 Å². The molecule has 0 aliphatic carbocycles. The predicted molar refractivity (Wildman–Crippen MR) is 104 cm³/mol. The zero-order chi connectivity index (χ0) is 20.3. The van der Waals surface area contributed by atoms with Crippen LogP contribution in [0.25, 0.3) is 0 Å². The molecule has 28 heavy (non-hydrogen) atoms. The van der Waals surface area contributed by atoms with Crippen LogP contribution in [0.15, 0.2) is 42.7 Å². The molecule has 0 radical (unpaired) electrons. The first-order valence-electron chi connectivity index (χ1n) is 8.89. The van der Waals surface area contributed by atoms with Crippen molar-refractivity contribution >= 4 is 17.4 Å². The summed E-state index contributed by atoms with van der Waals surface area (Å²) < 4.78 is 3.23. The van der Waals surface area contributed by atoms with Gasteiger partial charge in [0.2, 0.25) is 5.91 Å². The van der Waals surface area contributed by atoms with Gasteiger partial charge in [0.05, 0.1) is 47.8 Å². The van der Waals surface area contributed by atoms with Crippen LogP contribution in [0, 0.1) is 29.9 Å². The zero-order valence-corrected chi connectivity index (χ0v) is 16.0. The maximum absolute atomic E-state index is 12.5. The van der Waals surface area contributed by atoms with Crippen molar-refractivity contribution in [1.29, 1.82) is 0 Å². The second-order valence-electron chi connectivity index (χ2n) is 6.89. The van der Waals surface area contributed by atoms with E-state index in [1.165, 1.54) is 16.3 Å². The normalized spacial score (nSPS) is 12.0. The number of nitrogens with zero attached hydrogens (tertiary/aromatic N) is 5. The van der Waals surface area contributed by atoms with E-state index < -0.39 is 10.8 Å². The number of anilines is 1. The molecule has 1 N–H and O–H groups in total. The van der Waals surface area contributed by atoms with E-state index in [-0.39, 0.29) is 18.3 Å². The lowest BCUT2D eigenvalue weighted by molar-refractivity contribution is -0.389. The highest BCUT2D eigenvalue weighted by Gasteiger charge is 2.21. The fourth-order valence-corrected chi connectivity index (χ4v) is 2.77. The van der Waals surface area contributed by atoms with Crippen LogP contribution in [0.5, 0.6) is 0 Å². The molecule has 146 valence electrons. The van der Waals surface area contributed by atoms with E-state index >= 15 is 0 Å². The van der Waals surface area contributed by atoms with Gasteiger partial charge in [-0.05, 0) is 24.3 Å². The molecule has 9 nitrogen and oxygen atoms in total. The lowest BCUT2D eigenvalue weighted by Crippen LogP contribution is -2.25. The van der Waals surface area contributed by atoms with Crippen LogP contribution in [-0.4, -0.2) is 30.4 Å². The van der Waals surface area contributed by atoms with Crippen LogP contribution in [-0.2, 0) is 17.9 Å². The third-order valence-electron chi connectivity index (χ3n) is 4.42. The number of aromatic nitrogens is 4. The second-order valence-corrected chi connectivity index (χ2v) is 6.89. The molecular weight excluding hydrogens is 360 g/mol. The predicted octanol–water partition coefficient (Wildman–Crippen LogP) is 2.93. The molecule has 0 saturated heterocycles. The van der Waals surface area contributed by atoms with E-state index in [1.807, 2.05) is 31.2 Å². The van der Waals surface area contributed by atoms with Crippen LogP contribution in [0.2, 0.25) is 0 Å². The van der Waals surface area contributed by atoms with Crippen LogP contribution in [0.4, 0.5) is 11.5 Å². The highest BCUT2D eigenvalue weighted by molar-refractivity contribution is 5.91. The molecule has 1 unspecified atom stereocenters. The van der Waals surface area contributed by atoms with Crippen molar-refractivity contribution in [2.75, 3.05) is 5.32 Å². The minimum absolute atomic E-state index is 0.201. The minimum Gasteiger partial charge on any atom is -0.358 e. The number of rotatable bonds is 7. The van der Waals surface area contributed by atoms with Crippen LogP contribution in [0.1, 0.15) is 23.7 Å². The summed E-state index contributed by atoms with van der Waals surface area (Å²) in [6.45, 7) is 6.37. The molecule has 2 aromatic heterocycles. The highest BCUT2D eigenvalue weighted by Crippen LogP contribution is 2.15. The quantitative estimate of drug-likeness (QED) is 0.499. The third-order valence-corrected chi connectivity index (χ3v) is 4.42. The Labute approximate surface area is 162 Å². The van der Waals surface area contributed by atoms with E-state index in [2.05, 4.69) is 15.5 Å². The summed E-state index contributed by atoms with van der Waals surface area (Å²) in [7, 11) is 0. The van der Waals surface area contributed by atoms with E-state index in [1.54, 1.807) is 30.9 Å². The first-order chi connectivity index (χ1) is 13.3. The Morgan fingerprint density at radius 3 is 2.64 bits per heavy atom. The van der Waals surface area contributed by atoms with Gasteiger partial charge in [-0.1, -0.05) is 36.8 Å². The highest BCUT2D eigenvalue weighted by atomic mass is 16.6. The minimum atomic E-state index is -0.545. The summed E-state index contributed by atoms with van der Waals surface area (Å²) in [6.07, 6.45) is 3.37. The van der Waals surface area contributed by atoms with Gasteiger partial charge in [-0.2, -0.15) is 9.78 Å². The van der Waals surface area contributed by atoms with Gasteiger partial charge >= 0.3 is 5.82 Å². The Bertz CT molecular complexity index is 990. The number of amides is 1. The van der Waals surface area contributed by atoms with Gasteiger partial charge < -0.3 is 15.4 Å². The molecular formula is C19H22N6O3. The summed E-state index contributed by atoms with van der Waals surface area (Å²) in [5.41, 5.74) is 3.56. The molecule has 1 amide bonds. The number of hydrogen-bond donors (Lipinski definition) is 1. The van der Waals surface area contributed by atoms with Gasteiger partial charge in [-0.15, -0.1) is 0 Å². The van der Waals surface area contributed by atoms with Crippen molar-refractivity contribution in [2.45, 2.75) is 33.9 Å². The van der Waals surface area contributed by atoms with E-state index in [0.29, 0.717) is 17.9 Å². The van der Waals surface area contributed by atoms with Gasteiger partial charge in [-0.25, -0.2) is 0 Å². The Morgan fingerprint density at radius 1 is 1.29 bits per heavy atom. The summed E-state index contributed by atoms with van der Waals surface area (Å²) in [4.78, 5) is 22.7. The van der Waals surface area contributed by atoms with Crippen molar-refractivity contribution < 1.29 is 9.72 Å². The number of hydrogen-bond acceptors (Lipinski definition) is 5. The van der Waals surface area contributed by atoms with Gasteiger partial charge in [0.1, 0.15) is 0 Å². The zero-order valence-electron chi connectivity index (χ0n) is 16.0. The van der Waals surface area contributed by atoms with E-state index in [0.717, 1.165) is 5.56 Å². The SMILES string of the molecule is Cc1ccc(Cn2cc(NC(=O)C(C)Cn3nc([N+](=O)[O-])cc3C)cn2)cc1. The van der Waals surface area contributed by atoms with Gasteiger partial charge in [0.15, 0.2) is 0 Å². The first-order valence-corrected chi connectivity index (χ1v) is 8.89. The Balaban J connectivity index is 1.59. The molecule has 0 fully saturated rings. The number of carbonyl (C=O) groups excluding carboxylic acids is 1. The molecule has 1 atom stereocenters. The average Bonchev–Trinajstić information content (AvgIpc) is 3.24. The van der Waals surface area contributed by atoms with Crippen molar-refractivity contribution in [3.63, 3.8) is 0 Å². The van der Waals surface area contributed by atoms with Crippen molar-refractivity contribution in [3.05, 3.63) is 69.7 Å². The molecule has 9 heteroatoms. The van der Waals surface area contributed by atoms with Crippen LogP contribution < -0.4 is 5.32 Å². The Hall–Kier alpha value is -3.49. The standard InChI is InChI=1S/C19H22N6O3/c1-13-4-6-16(7-5-13)11-23-12-17(9-20-23)21-19(26)14(2)10-24-15(3)8-18(22-24)25(27)28/h4-9,12,14H,10-11H2,1-3H3,(H,21,26). The molecule has 1 aromatic carbocycles. The first kappa shape index (κ1) is 19.3. The fraction of sp³-hybridized carbons (Fsp3) is 0.316. The van der Waals surface area contributed by atoms with Gasteiger partial charge in [0.25, 0.3) is 0 Å². The van der Waals surface area contributed by atoms with Crippen LogP contribution >= 0.6 is 0 Å². The van der Waals surface area contributed by atoms with Crippen molar-refractivity contribution in [2.24, 2.45) is 5.92 Å². The summed E-state index contributed by atoms with van der Waals surface area (Å²) in [5.74, 6) is -0.839. The number of aryl methyl sites for hydroxylation is 2. The molecule has 0 spiro atoms. The third kappa shape index (κ3) is 4.61. The number of carbonyl (C=O) groups is 1. The largest absolute Gasteiger partial charge is 0.390 e. The molecule has 0 saturated carbocycles. The summed E-state index contributed by atoms with van der Waals surface area (Å²) in [6, 6.07) is 9.57. The molecule has 0 bridgehead atoms. The molecule has 3 rings (SSSR count). The number of nitrogens with one attached hydrogen (secondary N) is 1. The maximum atomic E-state index is 12.5. The monoisotopic (exact) mass is 382 g/mol. The fourth-order valence-electron chi connectivity index (χ4n) is 2.77. The topological polar surface area (TPSA) is 108 Å². The molecule has 0 aliphatic heterocycles. The lowest BCUT2D eigenvalue weighted by atomic mass is 10.1. The number of benzene rings is 1. The van der Waals surface area contributed by atoms with Gasteiger partial charge in [-0.3, -0.25) is 9.48 Å². The molecule has 2 heterocycles. The molecule has 0 aliphatic rings. The summed E-state index contributed by atoms with van der Waals surface area (Å²) >= 11 is 0. The lowest BCUT2D eigenvalue weighted by Gasteiger charge is -2.10.